The molecule has 16 heavy (non-hydrogen) atoms. The molecule has 0 aliphatic rings. The molecule has 0 amide bonds. The van der Waals surface area contributed by atoms with Gasteiger partial charge in [0.05, 0.1) is 17.4 Å². The van der Waals surface area contributed by atoms with E-state index >= 15 is 0 Å². The van der Waals surface area contributed by atoms with Gasteiger partial charge in [0.1, 0.15) is 0 Å². The van der Waals surface area contributed by atoms with Gasteiger partial charge in [-0.05, 0) is 30.4 Å². The van der Waals surface area contributed by atoms with Crippen LogP contribution in [-0.4, -0.2) is 25.5 Å². The van der Waals surface area contributed by atoms with Crippen molar-refractivity contribution in [2.75, 3.05) is 6.16 Å². The Kier molecular flexibility index (Phi) is 3.40. The van der Waals surface area contributed by atoms with E-state index in [0.29, 0.717) is 13.0 Å². The summed E-state index contributed by atoms with van der Waals surface area (Å²) in [6, 6.07) is 7.86. The SMILES string of the molecule is OP(O)(=S)CCCn1cnc2ccccc21. The molecule has 0 saturated heterocycles. The van der Waals surface area contributed by atoms with Gasteiger partial charge in [0.25, 0.3) is 0 Å². The summed E-state index contributed by atoms with van der Waals surface area (Å²) in [5, 5.41) is 0. The van der Waals surface area contributed by atoms with Crippen molar-refractivity contribution in [1.29, 1.82) is 0 Å². The Morgan fingerprint density at radius 2 is 2.06 bits per heavy atom. The normalized spacial score (nSPS) is 12.1. The van der Waals surface area contributed by atoms with Gasteiger partial charge in [-0.3, -0.25) is 0 Å². The van der Waals surface area contributed by atoms with Gasteiger partial charge >= 0.3 is 0 Å². The van der Waals surface area contributed by atoms with E-state index in [-0.39, 0.29) is 6.16 Å². The number of aromatic nitrogens is 2. The first-order valence-electron chi connectivity index (χ1n) is 5.01. The molecule has 1 aromatic carbocycles. The molecular weight excluding hydrogens is 243 g/mol. The molecule has 0 aliphatic heterocycles. The van der Waals surface area contributed by atoms with Crippen LogP contribution in [0.5, 0.6) is 0 Å². The summed E-state index contributed by atoms with van der Waals surface area (Å²) in [6.07, 6.45) is 2.71. The van der Waals surface area contributed by atoms with Gasteiger partial charge < -0.3 is 14.4 Å². The number of rotatable bonds is 4. The van der Waals surface area contributed by atoms with Crippen LogP contribution in [0.3, 0.4) is 0 Å². The fraction of sp³-hybridized carbons (Fsp3) is 0.300. The summed E-state index contributed by atoms with van der Waals surface area (Å²) in [4.78, 5) is 22.5. The number of benzene rings is 1. The summed E-state index contributed by atoms with van der Waals surface area (Å²) in [6.45, 7) is -2.34. The van der Waals surface area contributed by atoms with Crippen molar-refractivity contribution in [3.05, 3.63) is 30.6 Å². The molecule has 1 aromatic heterocycles. The zero-order valence-electron chi connectivity index (χ0n) is 8.65. The third-order valence-corrected chi connectivity index (χ3v) is 3.82. The predicted octanol–water partition coefficient (Wildman–Crippen LogP) is 1.72. The zero-order valence-corrected chi connectivity index (χ0v) is 10.4. The molecule has 0 saturated carbocycles. The van der Waals surface area contributed by atoms with Crippen molar-refractivity contribution in [3.8, 4) is 0 Å². The minimum absolute atomic E-state index is 0.287. The standard InChI is InChI=1S/C10H13N2O2PS/c13-15(14,16)7-3-6-12-8-11-9-4-1-2-5-10(9)12/h1-2,4-5,8H,3,6-7H2,(H2,13,14,16). The van der Waals surface area contributed by atoms with Crippen LogP contribution >= 0.6 is 6.49 Å². The van der Waals surface area contributed by atoms with E-state index < -0.39 is 6.49 Å². The van der Waals surface area contributed by atoms with E-state index in [2.05, 4.69) is 16.8 Å². The lowest BCUT2D eigenvalue weighted by Gasteiger charge is -2.07. The van der Waals surface area contributed by atoms with Gasteiger partial charge in [-0.25, -0.2) is 4.98 Å². The predicted molar refractivity (Wildman–Crippen MR) is 67.9 cm³/mol. The Morgan fingerprint density at radius 3 is 2.81 bits per heavy atom. The van der Waals surface area contributed by atoms with Gasteiger partial charge in [-0.15, -0.1) is 0 Å². The fourth-order valence-electron chi connectivity index (χ4n) is 1.64. The van der Waals surface area contributed by atoms with Crippen molar-refractivity contribution in [1.82, 2.24) is 9.55 Å². The van der Waals surface area contributed by atoms with Crippen molar-refractivity contribution >= 4 is 29.3 Å². The molecule has 2 aromatic rings. The van der Waals surface area contributed by atoms with Gasteiger partial charge in [-0.1, -0.05) is 12.1 Å². The molecular formula is C10H13N2O2PS. The second-order valence-corrected chi connectivity index (χ2v) is 7.20. The van der Waals surface area contributed by atoms with E-state index in [1.54, 1.807) is 6.33 Å². The Hall–Kier alpha value is -0.740. The Morgan fingerprint density at radius 1 is 1.31 bits per heavy atom. The highest BCUT2D eigenvalue weighted by molar-refractivity contribution is 8.09. The van der Waals surface area contributed by atoms with E-state index in [4.69, 9.17) is 9.79 Å². The lowest BCUT2D eigenvalue weighted by molar-refractivity contribution is 0.474. The molecule has 0 bridgehead atoms. The quantitative estimate of drug-likeness (QED) is 0.818. The van der Waals surface area contributed by atoms with Crippen LogP contribution in [0.2, 0.25) is 0 Å². The zero-order chi connectivity index (χ0) is 11.6. The maximum Gasteiger partial charge on any atom is 0.183 e. The lowest BCUT2D eigenvalue weighted by atomic mass is 10.3. The maximum atomic E-state index is 9.12. The van der Waals surface area contributed by atoms with E-state index in [1.165, 1.54) is 0 Å². The molecule has 0 spiro atoms. The molecule has 0 fully saturated rings. The van der Waals surface area contributed by atoms with Crippen LogP contribution < -0.4 is 0 Å². The van der Waals surface area contributed by atoms with Crippen molar-refractivity contribution < 1.29 is 9.79 Å². The second kappa shape index (κ2) is 4.63. The summed E-state index contributed by atoms with van der Waals surface area (Å²) in [5.74, 6) is 0. The summed E-state index contributed by atoms with van der Waals surface area (Å²) in [7, 11) is 0. The Bertz CT molecular complexity index is 534. The number of para-hydroxylation sites is 2. The van der Waals surface area contributed by atoms with Crippen LogP contribution in [-0.2, 0) is 18.4 Å². The third kappa shape index (κ3) is 2.89. The molecule has 0 atom stereocenters. The van der Waals surface area contributed by atoms with Crippen molar-refractivity contribution in [2.45, 2.75) is 13.0 Å². The largest absolute Gasteiger partial charge is 0.345 e. The van der Waals surface area contributed by atoms with Gasteiger partial charge in [-0.2, -0.15) is 0 Å². The highest BCUT2D eigenvalue weighted by Gasteiger charge is 2.07. The number of nitrogens with zero attached hydrogens (tertiary/aromatic N) is 2. The fourth-order valence-corrected chi connectivity index (χ4v) is 2.58. The minimum Gasteiger partial charge on any atom is -0.345 e. The summed E-state index contributed by atoms with van der Waals surface area (Å²) in [5.41, 5.74) is 2.02. The van der Waals surface area contributed by atoms with Crippen LogP contribution in [0.4, 0.5) is 0 Å². The molecule has 4 nitrogen and oxygen atoms in total. The Labute approximate surface area is 98.7 Å². The smallest absolute Gasteiger partial charge is 0.183 e. The molecule has 2 N–H and O–H groups in total. The molecule has 0 radical (unpaired) electrons. The highest BCUT2D eigenvalue weighted by atomic mass is 32.5. The first-order valence-corrected chi connectivity index (χ1v) is 7.90. The maximum absolute atomic E-state index is 9.12. The molecule has 6 heteroatoms. The summed E-state index contributed by atoms with van der Waals surface area (Å²) < 4.78 is 2.00. The average molecular weight is 256 g/mol. The summed E-state index contributed by atoms with van der Waals surface area (Å²) >= 11 is 4.57. The first-order chi connectivity index (χ1) is 7.56. The minimum atomic E-state index is -3.04. The topological polar surface area (TPSA) is 58.3 Å². The second-order valence-electron chi connectivity index (χ2n) is 3.67. The lowest BCUT2D eigenvalue weighted by Crippen LogP contribution is -1.99. The number of fused-ring (bicyclic) bond motifs is 1. The molecule has 1 heterocycles. The van der Waals surface area contributed by atoms with Gasteiger partial charge in [0, 0.05) is 12.7 Å². The van der Waals surface area contributed by atoms with E-state index in [0.717, 1.165) is 11.0 Å². The van der Waals surface area contributed by atoms with Crippen LogP contribution in [0.1, 0.15) is 6.42 Å². The Balaban J connectivity index is 2.08. The first kappa shape index (κ1) is 11.7. The number of aryl methyl sites for hydroxylation is 1. The monoisotopic (exact) mass is 256 g/mol. The molecule has 2 rings (SSSR count). The number of hydrogen-bond acceptors (Lipinski definition) is 2. The van der Waals surface area contributed by atoms with Crippen molar-refractivity contribution in [2.24, 2.45) is 0 Å². The molecule has 0 unspecified atom stereocenters. The number of hydrogen-bond donors (Lipinski definition) is 2. The van der Waals surface area contributed by atoms with Gasteiger partial charge in [0.2, 0.25) is 0 Å². The van der Waals surface area contributed by atoms with Crippen LogP contribution in [0, 0.1) is 0 Å². The third-order valence-electron chi connectivity index (χ3n) is 2.38. The van der Waals surface area contributed by atoms with Crippen molar-refractivity contribution in [3.63, 3.8) is 0 Å². The van der Waals surface area contributed by atoms with E-state index in [1.807, 2.05) is 28.8 Å². The van der Waals surface area contributed by atoms with E-state index in [9.17, 15) is 0 Å². The van der Waals surface area contributed by atoms with Crippen LogP contribution in [0.15, 0.2) is 30.6 Å². The number of imidazole rings is 1. The molecule has 0 aliphatic carbocycles. The van der Waals surface area contributed by atoms with Gasteiger partial charge in [0.15, 0.2) is 6.49 Å². The van der Waals surface area contributed by atoms with Crippen LogP contribution in [0.25, 0.3) is 11.0 Å². The highest BCUT2D eigenvalue weighted by Crippen LogP contribution is 2.35. The average Bonchev–Trinajstić information content (AvgIpc) is 2.60. The molecule has 86 valence electrons.